The van der Waals surface area contributed by atoms with Gasteiger partial charge in [-0.2, -0.15) is 8.42 Å². The minimum absolute atomic E-state index is 0.225. The Labute approximate surface area is 106 Å². The summed E-state index contributed by atoms with van der Waals surface area (Å²) in [4.78, 5) is 0. The van der Waals surface area contributed by atoms with Crippen LogP contribution in [0.15, 0.2) is 0 Å². The van der Waals surface area contributed by atoms with Crippen molar-refractivity contribution in [3.8, 4) is 0 Å². The standard InChI is InChI=1S/C10H20O4S.C2H6/c1-7(2)9-5-4-8(3)6-10(9)14-15(11,12)13;1-2/h7-10H,4-6H2,1-3H3,(H,11,12,13);1-2H3. The SMILES string of the molecule is CC.CC1CCC(C(C)C)C(OS(=O)(=O)O)C1. The Hall–Kier alpha value is -0.130. The summed E-state index contributed by atoms with van der Waals surface area (Å²) in [6, 6.07) is 0. The van der Waals surface area contributed by atoms with E-state index in [4.69, 9.17) is 8.74 Å². The summed E-state index contributed by atoms with van der Waals surface area (Å²) in [5.41, 5.74) is 0. The van der Waals surface area contributed by atoms with E-state index in [0.717, 1.165) is 12.8 Å². The van der Waals surface area contributed by atoms with Gasteiger partial charge in [-0.3, -0.25) is 4.55 Å². The fraction of sp³-hybridized carbons (Fsp3) is 1.00. The lowest BCUT2D eigenvalue weighted by Gasteiger charge is -2.35. The fourth-order valence-corrected chi connectivity index (χ4v) is 2.92. The second-order valence-corrected chi connectivity index (χ2v) is 5.94. The molecule has 0 aromatic carbocycles. The van der Waals surface area contributed by atoms with E-state index in [0.29, 0.717) is 18.3 Å². The smallest absolute Gasteiger partial charge is 0.264 e. The Morgan fingerprint density at radius 3 is 2.18 bits per heavy atom. The molecule has 0 aromatic rings. The van der Waals surface area contributed by atoms with E-state index in [1.54, 1.807) is 0 Å². The first kappa shape index (κ1) is 16.9. The van der Waals surface area contributed by atoms with Crippen LogP contribution in [0.4, 0.5) is 0 Å². The van der Waals surface area contributed by atoms with E-state index in [-0.39, 0.29) is 12.0 Å². The molecule has 4 nitrogen and oxygen atoms in total. The summed E-state index contributed by atoms with van der Waals surface area (Å²) in [6.07, 6.45) is 2.43. The van der Waals surface area contributed by atoms with Crippen LogP contribution in [0.25, 0.3) is 0 Å². The maximum absolute atomic E-state index is 10.7. The normalized spacial score (nSPS) is 29.7. The zero-order valence-corrected chi connectivity index (χ0v) is 12.3. The molecule has 1 N–H and O–H groups in total. The van der Waals surface area contributed by atoms with Crippen LogP contribution >= 0.6 is 0 Å². The minimum Gasteiger partial charge on any atom is -0.264 e. The van der Waals surface area contributed by atoms with Crippen molar-refractivity contribution in [2.24, 2.45) is 17.8 Å². The monoisotopic (exact) mass is 266 g/mol. The molecule has 1 aliphatic carbocycles. The molecule has 5 heteroatoms. The van der Waals surface area contributed by atoms with Gasteiger partial charge in [-0.1, -0.05) is 41.0 Å². The molecule has 0 heterocycles. The van der Waals surface area contributed by atoms with Gasteiger partial charge >= 0.3 is 10.4 Å². The van der Waals surface area contributed by atoms with E-state index in [1.165, 1.54) is 0 Å². The summed E-state index contributed by atoms with van der Waals surface area (Å²) >= 11 is 0. The second-order valence-electron chi connectivity index (χ2n) is 4.89. The van der Waals surface area contributed by atoms with Crippen LogP contribution in [0, 0.1) is 17.8 Å². The van der Waals surface area contributed by atoms with Crippen LogP contribution in [-0.4, -0.2) is 19.1 Å². The molecule has 1 rings (SSSR count). The van der Waals surface area contributed by atoms with E-state index < -0.39 is 10.4 Å². The summed E-state index contributed by atoms with van der Waals surface area (Å²) in [6.45, 7) is 10.2. The van der Waals surface area contributed by atoms with Gasteiger partial charge < -0.3 is 0 Å². The topological polar surface area (TPSA) is 63.6 Å². The molecular weight excluding hydrogens is 240 g/mol. The van der Waals surface area contributed by atoms with Crippen molar-refractivity contribution < 1.29 is 17.2 Å². The zero-order chi connectivity index (χ0) is 13.6. The fourth-order valence-electron chi connectivity index (χ4n) is 2.38. The molecule has 0 saturated heterocycles. The molecule has 104 valence electrons. The highest BCUT2D eigenvalue weighted by molar-refractivity contribution is 7.80. The average molecular weight is 266 g/mol. The molecule has 0 amide bonds. The van der Waals surface area contributed by atoms with Crippen LogP contribution in [0.2, 0.25) is 0 Å². The van der Waals surface area contributed by atoms with Crippen LogP contribution in [0.5, 0.6) is 0 Å². The number of hydrogen-bond acceptors (Lipinski definition) is 3. The lowest BCUT2D eigenvalue weighted by molar-refractivity contribution is 0.0422. The Morgan fingerprint density at radius 1 is 1.24 bits per heavy atom. The maximum atomic E-state index is 10.7. The highest BCUT2D eigenvalue weighted by Gasteiger charge is 2.34. The van der Waals surface area contributed by atoms with Crippen LogP contribution < -0.4 is 0 Å². The van der Waals surface area contributed by atoms with Crippen molar-refractivity contribution in [2.45, 2.75) is 60.0 Å². The number of hydrogen-bond donors (Lipinski definition) is 1. The lowest BCUT2D eigenvalue weighted by atomic mass is 9.75. The van der Waals surface area contributed by atoms with Crippen LogP contribution in [-0.2, 0) is 14.6 Å². The first-order chi connectivity index (χ1) is 7.79. The Morgan fingerprint density at radius 2 is 1.76 bits per heavy atom. The highest BCUT2D eigenvalue weighted by atomic mass is 32.3. The van der Waals surface area contributed by atoms with Crippen LogP contribution in [0.3, 0.4) is 0 Å². The van der Waals surface area contributed by atoms with Gasteiger partial charge in [-0.15, -0.1) is 0 Å². The van der Waals surface area contributed by atoms with Crippen molar-refractivity contribution in [1.29, 1.82) is 0 Å². The van der Waals surface area contributed by atoms with Gasteiger partial charge in [-0.05, 0) is 30.6 Å². The third kappa shape index (κ3) is 6.38. The maximum Gasteiger partial charge on any atom is 0.397 e. The van der Waals surface area contributed by atoms with Crippen molar-refractivity contribution in [3.63, 3.8) is 0 Å². The summed E-state index contributed by atoms with van der Waals surface area (Å²) in [5, 5.41) is 0. The molecule has 0 aliphatic heterocycles. The third-order valence-corrected chi connectivity index (χ3v) is 3.70. The Kier molecular flexibility index (Phi) is 7.28. The van der Waals surface area contributed by atoms with Gasteiger partial charge in [-0.25, -0.2) is 4.18 Å². The largest absolute Gasteiger partial charge is 0.397 e. The predicted molar refractivity (Wildman–Crippen MR) is 69.1 cm³/mol. The summed E-state index contributed by atoms with van der Waals surface area (Å²) < 4.78 is 34.9. The van der Waals surface area contributed by atoms with Crippen molar-refractivity contribution in [1.82, 2.24) is 0 Å². The van der Waals surface area contributed by atoms with Gasteiger partial charge in [0.15, 0.2) is 0 Å². The molecule has 0 bridgehead atoms. The average Bonchev–Trinajstić information content (AvgIpc) is 2.17. The molecule has 1 saturated carbocycles. The van der Waals surface area contributed by atoms with Gasteiger partial charge in [0.25, 0.3) is 0 Å². The molecule has 1 aliphatic rings. The molecule has 1 fully saturated rings. The Bertz CT molecular complexity index is 298. The third-order valence-electron chi connectivity index (χ3n) is 3.21. The van der Waals surface area contributed by atoms with Crippen molar-refractivity contribution >= 4 is 10.4 Å². The minimum atomic E-state index is -4.31. The predicted octanol–water partition coefficient (Wildman–Crippen LogP) is 3.29. The van der Waals surface area contributed by atoms with Gasteiger partial charge in [0.2, 0.25) is 0 Å². The molecule has 3 atom stereocenters. The first-order valence-corrected chi connectivity index (χ1v) is 7.82. The molecular formula is C12H26O4S. The molecule has 0 radical (unpaired) electrons. The van der Waals surface area contributed by atoms with Crippen LogP contribution in [0.1, 0.15) is 53.9 Å². The second kappa shape index (κ2) is 7.34. The lowest BCUT2D eigenvalue weighted by Crippen LogP contribution is -2.35. The molecule has 0 spiro atoms. The van der Waals surface area contributed by atoms with Gasteiger partial charge in [0.05, 0.1) is 6.10 Å². The van der Waals surface area contributed by atoms with Gasteiger partial charge in [0.1, 0.15) is 0 Å². The van der Waals surface area contributed by atoms with Gasteiger partial charge in [0, 0.05) is 0 Å². The molecule has 3 unspecified atom stereocenters. The number of rotatable bonds is 3. The van der Waals surface area contributed by atoms with E-state index in [9.17, 15) is 8.42 Å². The van der Waals surface area contributed by atoms with E-state index in [2.05, 4.69) is 20.8 Å². The van der Waals surface area contributed by atoms with E-state index in [1.807, 2.05) is 13.8 Å². The first-order valence-electron chi connectivity index (χ1n) is 6.45. The molecule has 17 heavy (non-hydrogen) atoms. The Balaban J connectivity index is 0.00000121. The van der Waals surface area contributed by atoms with Crippen molar-refractivity contribution in [3.05, 3.63) is 0 Å². The zero-order valence-electron chi connectivity index (χ0n) is 11.5. The highest BCUT2D eigenvalue weighted by Crippen LogP contribution is 2.35. The summed E-state index contributed by atoms with van der Waals surface area (Å²) in [7, 11) is -4.31. The van der Waals surface area contributed by atoms with E-state index >= 15 is 0 Å². The van der Waals surface area contributed by atoms with Crippen molar-refractivity contribution in [2.75, 3.05) is 0 Å². The molecule has 0 aromatic heterocycles. The quantitative estimate of drug-likeness (QED) is 0.796. The summed E-state index contributed by atoms with van der Waals surface area (Å²) in [5.74, 6) is 1.07.